The molecule has 5 nitrogen and oxygen atoms in total. The summed E-state index contributed by atoms with van der Waals surface area (Å²) in [5, 5.41) is 11.1. The lowest BCUT2D eigenvalue weighted by Gasteiger charge is -2.32. The molecule has 0 radical (unpaired) electrons. The third-order valence-corrected chi connectivity index (χ3v) is 7.10. The van der Waals surface area contributed by atoms with Crippen molar-refractivity contribution in [3.05, 3.63) is 46.8 Å². The van der Waals surface area contributed by atoms with Crippen LogP contribution in [-0.2, 0) is 14.8 Å². The van der Waals surface area contributed by atoms with Crippen LogP contribution in [0.1, 0.15) is 23.5 Å². The molecule has 0 fully saturated rings. The molecule has 0 amide bonds. The molecule has 0 saturated carbocycles. The summed E-state index contributed by atoms with van der Waals surface area (Å²) in [6.07, 6.45) is 0.274. The van der Waals surface area contributed by atoms with E-state index in [1.807, 2.05) is 6.92 Å². The number of fused-ring (bicyclic) bond motifs is 1. The number of aryl methyl sites for hydroxylation is 1. The number of carboxylic acid groups (broad SMARTS) is 1. The Labute approximate surface area is 132 Å². The highest BCUT2D eigenvalue weighted by Gasteiger charge is 2.36. The predicted molar refractivity (Wildman–Crippen MR) is 85.0 cm³/mol. The van der Waals surface area contributed by atoms with E-state index in [-0.39, 0.29) is 17.2 Å². The molecule has 7 heteroatoms. The molecule has 1 atom stereocenters. The van der Waals surface area contributed by atoms with Crippen LogP contribution in [0.5, 0.6) is 0 Å². The second-order valence-electron chi connectivity index (χ2n) is 5.26. The topological polar surface area (TPSA) is 74.7 Å². The van der Waals surface area contributed by atoms with Gasteiger partial charge in [-0.2, -0.15) is 0 Å². The van der Waals surface area contributed by atoms with Gasteiger partial charge in [-0.05, 0) is 42.0 Å². The van der Waals surface area contributed by atoms with Gasteiger partial charge in [0.2, 0.25) is 0 Å². The molecule has 1 unspecified atom stereocenters. The monoisotopic (exact) mass is 337 g/mol. The fourth-order valence-corrected chi connectivity index (χ4v) is 5.53. The van der Waals surface area contributed by atoms with Crippen molar-refractivity contribution >= 4 is 33.0 Å². The molecule has 116 valence electrons. The van der Waals surface area contributed by atoms with Gasteiger partial charge < -0.3 is 5.11 Å². The Balaban J connectivity index is 2.10. The van der Waals surface area contributed by atoms with E-state index >= 15 is 0 Å². The molecule has 22 heavy (non-hydrogen) atoms. The quantitative estimate of drug-likeness (QED) is 0.934. The Morgan fingerprint density at radius 2 is 2.09 bits per heavy atom. The molecule has 1 aliphatic rings. The van der Waals surface area contributed by atoms with Crippen LogP contribution in [0.25, 0.3) is 0 Å². The van der Waals surface area contributed by atoms with E-state index in [4.69, 9.17) is 0 Å². The fraction of sp³-hybridized carbons (Fsp3) is 0.267. The maximum atomic E-state index is 12.8. The van der Waals surface area contributed by atoms with Crippen LogP contribution < -0.4 is 4.31 Å². The minimum atomic E-state index is -3.64. The molecule has 0 spiro atoms. The molecule has 0 saturated heterocycles. The molecule has 0 aliphatic carbocycles. The summed E-state index contributed by atoms with van der Waals surface area (Å²) < 4.78 is 27.3. The predicted octanol–water partition coefficient (Wildman–Crippen LogP) is 2.82. The van der Waals surface area contributed by atoms with Gasteiger partial charge in [0.1, 0.15) is 4.21 Å². The molecular weight excluding hydrogens is 322 g/mol. The fourth-order valence-electron chi connectivity index (χ4n) is 2.69. The number of sulfonamides is 1. The number of nitrogens with zero attached hydrogens (tertiary/aromatic N) is 1. The van der Waals surface area contributed by atoms with Crippen molar-refractivity contribution in [3.8, 4) is 0 Å². The smallest absolute Gasteiger partial charge is 0.311 e. The number of aliphatic carboxylic acids is 1. The number of rotatable bonds is 3. The highest BCUT2D eigenvalue weighted by Crippen LogP contribution is 2.39. The average molecular weight is 337 g/mol. The summed E-state index contributed by atoms with van der Waals surface area (Å²) in [5.74, 6) is -1.58. The van der Waals surface area contributed by atoms with Gasteiger partial charge in [0.05, 0.1) is 11.6 Å². The summed E-state index contributed by atoms with van der Waals surface area (Å²) in [6, 6.07) is 8.47. The molecule has 1 N–H and O–H groups in total. The summed E-state index contributed by atoms with van der Waals surface area (Å²) in [7, 11) is -3.64. The maximum Gasteiger partial charge on any atom is 0.311 e. The lowest BCUT2D eigenvalue weighted by Crippen LogP contribution is -2.37. The van der Waals surface area contributed by atoms with Crippen LogP contribution in [0.3, 0.4) is 0 Å². The molecule has 2 aromatic rings. The number of carboxylic acids is 1. The summed E-state index contributed by atoms with van der Waals surface area (Å²) in [6.45, 7) is 2.02. The molecular formula is C15H15NO4S2. The number of carbonyl (C=O) groups is 1. The number of hydrogen-bond donors (Lipinski definition) is 1. The van der Waals surface area contributed by atoms with Gasteiger partial charge >= 0.3 is 5.97 Å². The Bertz CT molecular complexity index is 826. The zero-order valence-corrected chi connectivity index (χ0v) is 13.5. The van der Waals surface area contributed by atoms with E-state index in [0.717, 1.165) is 5.56 Å². The number of thiophene rings is 1. The van der Waals surface area contributed by atoms with Crippen LogP contribution in [0.2, 0.25) is 0 Å². The van der Waals surface area contributed by atoms with Crippen molar-refractivity contribution in [2.75, 3.05) is 10.8 Å². The average Bonchev–Trinajstić information content (AvgIpc) is 2.93. The minimum Gasteiger partial charge on any atom is -0.481 e. The van der Waals surface area contributed by atoms with Gasteiger partial charge in [0, 0.05) is 6.54 Å². The second-order valence-corrected chi connectivity index (χ2v) is 8.26. The van der Waals surface area contributed by atoms with Gasteiger partial charge in [-0.3, -0.25) is 9.10 Å². The molecule has 1 aliphatic heterocycles. The normalized spacial score (nSPS) is 18.0. The lowest BCUT2D eigenvalue weighted by molar-refractivity contribution is -0.139. The number of benzene rings is 1. The third-order valence-electron chi connectivity index (χ3n) is 3.75. The van der Waals surface area contributed by atoms with Gasteiger partial charge in [0.15, 0.2) is 0 Å². The van der Waals surface area contributed by atoms with Crippen molar-refractivity contribution in [2.45, 2.75) is 23.5 Å². The van der Waals surface area contributed by atoms with Crippen molar-refractivity contribution in [3.63, 3.8) is 0 Å². The van der Waals surface area contributed by atoms with Crippen LogP contribution >= 0.6 is 11.3 Å². The number of anilines is 1. The Hall–Kier alpha value is -1.86. The first-order chi connectivity index (χ1) is 10.4. The van der Waals surface area contributed by atoms with Crippen LogP contribution in [0.15, 0.2) is 39.9 Å². The molecule has 3 rings (SSSR count). The zero-order chi connectivity index (χ0) is 15.9. The van der Waals surface area contributed by atoms with Gasteiger partial charge in [-0.15, -0.1) is 11.3 Å². The van der Waals surface area contributed by atoms with E-state index < -0.39 is 21.9 Å². The van der Waals surface area contributed by atoms with Crippen LogP contribution in [0, 0.1) is 6.92 Å². The molecule has 1 aromatic heterocycles. The first kappa shape index (κ1) is 15.1. The van der Waals surface area contributed by atoms with Crippen LogP contribution in [0.4, 0.5) is 5.69 Å². The van der Waals surface area contributed by atoms with E-state index in [2.05, 4.69) is 0 Å². The minimum absolute atomic E-state index is 0.174. The van der Waals surface area contributed by atoms with Crippen molar-refractivity contribution in [1.29, 1.82) is 0 Å². The highest BCUT2D eigenvalue weighted by atomic mass is 32.2. The summed E-state index contributed by atoms with van der Waals surface area (Å²) in [5.41, 5.74) is 1.92. The lowest BCUT2D eigenvalue weighted by atomic mass is 9.91. The summed E-state index contributed by atoms with van der Waals surface area (Å²) >= 11 is 1.19. The second kappa shape index (κ2) is 5.40. The SMILES string of the molecule is Cc1csc(S(=O)(=O)N2CCC(C(=O)O)c3ccccc32)c1. The van der Waals surface area contributed by atoms with Gasteiger partial charge in [-0.1, -0.05) is 18.2 Å². The van der Waals surface area contributed by atoms with Gasteiger partial charge in [-0.25, -0.2) is 8.42 Å². The standard InChI is InChI=1S/C15H15NO4S2/c1-10-8-14(21-9-10)22(19,20)16-7-6-12(15(17)18)11-4-2-3-5-13(11)16/h2-5,8-9,12H,6-7H2,1H3,(H,17,18). The van der Waals surface area contributed by atoms with Crippen LogP contribution in [-0.4, -0.2) is 26.0 Å². The first-order valence-electron chi connectivity index (χ1n) is 6.81. The number of hydrogen-bond acceptors (Lipinski definition) is 4. The molecule has 2 heterocycles. The molecule has 0 bridgehead atoms. The van der Waals surface area contributed by atoms with Gasteiger partial charge in [0.25, 0.3) is 10.0 Å². The Morgan fingerprint density at radius 3 is 2.73 bits per heavy atom. The van der Waals surface area contributed by atoms with Crippen molar-refractivity contribution in [2.24, 2.45) is 0 Å². The first-order valence-corrected chi connectivity index (χ1v) is 9.13. The van der Waals surface area contributed by atoms with E-state index in [9.17, 15) is 18.3 Å². The largest absolute Gasteiger partial charge is 0.481 e. The highest BCUT2D eigenvalue weighted by molar-refractivity contribution is 7.94. The number of para-hydroxylation sites is 1. The van der Waals surface area contributed by atoms with Crippen molar-refractivity contribution < 1.29 is 18.3 Å². The van der Waals surface area contributed by atoms with E-state index in [0.29, 0.717) is 11.3 Å². The maximum absolute atomic E-state index is 12.8. The van der Waals surface area contributed by atoms with E-state index in [1.54, 1.807) is 35.7 Å². The van der Waals surface area contributed by atoms with Crippen molar-refractivity contribution in [1.82, 2.24) is 0 Å². The molecule has 1 aromatic carbocycles. The Kier molecular flexibility index (Phi) is 3.70. The van der Waals surface area contributed by atoms with E-state index in [1.165, 1.54) is 15.6 Å². The zero-order valence-electron chi connectivity index (χ0n) is 11.9. The summed E-state index contributed by atoms with van der Waals surface area (Å²) in [4.78, 5) is 11.4. The Morgan fingerprint density at radius 1 is 1.36 bits per heavy atom. The third kappa shape index (κ3) is 2.40.